The number of hydrogen-bond donors (Lipinski definition) is 1. The third kappa shape index (κ3) is 6.87. The average Bonchev–Trinajstić information content (AvgIpc) is 2.85. The maximum Gasteiger partial charge on any atom is 0.282 e. The van der Waals surface area contributed by atoms with Gasteiger partial charge in [0.15, 0.2) is 6.61 Å². The zero-order chi connectivity index (χ0) is 26.5. The molecular weight excluding hydrogens is 691 g/mol. The highest BCUT2D eigenvalue weighted by Gasteiger charge is 2.13. The monoisotopic (exact) mass is 708 g/mol. The van der Waals surface area contributed by atoms with Gasteiger partial charge < -0.3 is 10.1 Å². The van der Waals surface area contributed by atoms with E-state index in [0.717, 1.165) is 10.9 Å². The van der Waals surface area contributed by atoms with E-state index >= 15 is 0 Å². The maximum absolute atomic E-state index is 13.2. The highest BCUT2D eigenvalue weighted by molar-refractivity contribution is 9.11. The molecule has 1 heterocycles. The Labute approximate surface area is 243 Å². The molecule has 0 bridgehead atoms. The standard InChI is InChI=1S/C26H20Br3ClN4O3/c1-2-3-23-33-22-9-4-16(27)12-19(22)26(36)34(23)31-13-15-10-20(28)25(21(29)11-15)37-14-24(35)32-18-7-5-17(30)6-8-18/h4-13H,2-3,14H2,1H3,(H,32,35). The van der Waals surface area contributed by atoms with Crippen LogP contribution in [0, 0.1) is 0 Å². The second kappa shape index (κ2) is 12.3. The zero-order valence-electron chi connectivity index (χ0n) is 19.5. The van der Waals surface area contributed by atoms with Gasteiger partial charge in [-0.3, -0.25) is 9.59 Å². The third-order valence-corrected chi connectivity index (χ3v) is 7.09. The largest absolute Gasteiger partial charge is 0.481 e. The number of ether oxygens (including phenoxy) is 1. The number of carbonyl (C=O) groups excluding carboxylic acids is 1. The van der Waals surface area contributed by atoms with E-state index in [2.05, 4.69) is 63.2 Å². The van der Waals surface area contributed by atoms with Gasteiger partial charge in [0.1, 0.15) is 11.6 Å². The van der Waals surface area contributed by atoms with Gasteiger partial charge in [0.2, 0.25) is 0 Å². The Bertz CT molecular complexity index is 1530. The number of anilines is 1. The molecule has 4 aromatic rings. The van der Waals surface area contributed by atoms with Crippen LogP contribution in [0.3, 0.4) is 0 Å². The molecule has 11 heteroatoms. The van der Waals surface area contributed by atoms with E-state index in [1.165, 1.54) is 4.68 Å². The molecule has 0 aliphatic carbocycles. The molecule has 190 valence electrons. The Hall–Kier alpha value is -2.53. The van der Waals surface area contributed by atoms with Crippen LogP contribution in [0.15, 0.2) is 77.9 Å². The van der Waals surface area contributed by atoms with Crippen LogP contribution in [0.25, 0.3) is 10.9 Å². The lowest BCUT2D eigenvalue weighted by Crippen LogP contribution is -2.22. The fraction of sp³-hybridized carbons (Fsp3) is 0.154. The van der Waals surface area contributed by atoms with Crippen molar-refractivity contribution in [3.8, 4) is 5.75 Å². The molecule has 0 saturated carbocycles. The lowest BCUT2D eigenvalue weighted by Gasteiger charge is -2.12. The van der Waals surface area contributed by atoms with Crippen LogP contribution in [-0.2, 0) is 11.2 Å². The molecular formula is C26H20Br3ClN4O3. The number of fused-ring (bicyclic) bond motifs is 1. The van der Waals surface area contributed by atoms with Crippen LogP contribution in [0.5, 0.6) is 5.75 Å². The van der Waals surface area contributed by atoms with Crippen LogP contribution < -0.4 is 15.6 Å². The minimum Gasteiger partial charge on any atom is -0.481 e. The van der Waals surface area contributed by atoms with E-state index in [-0.39, 0.29) is 18.1 Å². The average molecular weight is 712 g/mol. The fourth-order valence-corrected chi connectivity index (χ4v) is 5.42. The van der Waals surface area contributed by atoms with Crippen molar-refractivity contribution in [2.24, 2.45) is 5.10 Å². The lowest BCUT2D eigenvalue weighted by atomic mass is 10.2. The molecule has 0 spiro atoms. The van der Waals surface area contributed by atoms with Gasteiger partial charge in [-0.15, -0.1) is 0 Å². The first-order valence-electron chi connectivity index (χ1n) is 11.2. The Kier molecular flexibility index (Phi) is 9.17. The minimum absolute atomic E-state index is 0.193. The molecule has 1 aromatic heterocycles. The van der Waals surface area contributed by atoms with Crippen molar-refractivity contribution >= 4 is 88.1 Å². The summed E-state index contributed by atoms with van der Waals surface area (Å²) in [6.07, 6.45) is 3.01. The van der Waals surface area contributed by atoms with E-state index in [9.17, 15) is 9.59 Å². The summed E-state index contributed by atoms with van der Waals surface area (Å²) in [6.45, 7) is 1.83. The van der Waals surface area contributed by atoms with Gasteiger partial charge in [-0.2, -0.15) is 9.78 Å². The van der Waals surface area contributed by atoms with Crippen molar-refractivity contribution in [2.45, 2.75) is 19.8 Å². The Balaban J connectivity index is 1.54. The van der Waals surface area contributed by atoms with Crippen LogP contribution in [0.1, 0.15) is 24.7 Å². The van der Waals surface area contributed by atoms with Crippen LogP contribution >= 0.6 is 59.4 Å². The zero-order valence-corrected chi connectivity index (χ0v) is 25.0. The summed E-state index contributed by atoms with van der Waals surface area (Å²) in [7, 11) is 0. The minimum atomic E-state index is -0.315. The summed E-state index contributed by atoms with van der Waals surface area (Å²) in [5.74, 6) is 0.734. The SMILES string of the molecule is CCCc1nc2ccc(Br)cc2c(=O)n1N=Cc1cc(Br)c(OCC(=O)Nc2ccc(Cl)cc2)c(Br)c1. The van der Waals surface area contributed by atoms with Crippen molar-refractivity contribution in [3.63, 3.8) is 0 Å². The molecule has 0 atom stereocenters. The quantitative estimate of drug-likeness (QED) is 0.196. The first-order valence-corrected chi connectivity index (χ1v) is 13.9. The first kappa shape index (κ1) is 27.5. The topological polar surface area (TPSA) is 85.6 Å². The molecule has 0 saturated heterocycles. The summed E-state index contributed by atoms with van der Waals surface area (Å²) >= 11 is 16.3. The fourth-order valence-electron chi connectivity index (χ4n) is 3.48. The number of amides is 1. The second-order valence-electron chi connectivity index (χ2n) is 7.96. The van der Waals surface area contributed by atoms with Gasteiger partial charge in [-0.25, -0.2) is 4.98 Å². The van der Waals surface area contributed by atoms with Crippen molar-refractivity contribution < 1.29 is 9.53 Å². The molecule has 3 aromatic carbocycles. The van der Waals surface area contributed by atoms with Crippen molar-refractivity contribution in [2.75, 3.05) is 11.9 Å². The van der Waals surface area contributed by atoms with E-state index in [1.807, 2.05) is 19.1 Å². The first-order chi connectivity index (χ1) is 17.7. The van der Waals surface area contributed by atoms with E-state index in [4.69, 9.17) is 16.3 Å². The number of halogens is 4. The molecule has 1 amide bonds. The molecule has 0 radical (unpaired) electrons. The number of nitrogens with one attached hydrogen (secondary N) is 1. The normalized spacial score (nSPS) is 11.3. The number of benzene rings is 3. The van der Waals surface area contributed by atoms with Crippen LogP contribution in [-0.4, -0.2) is 28.4 Å². The molecule has 1 N–H and O–H groups in total. The predicted octanol–water partition coefficient (Wildman–Crippen LogP) is 7.19. The third-order valence-electron chi connectivity index (χ3n) is 5.17. The molecule has 0 aliphatic heterocycles. The molecule has 37 heavy (non-hydrogen) atoms. The molecule has 7 nitrogen and oxygen atoms in total. The van der Waals surface area contributed by atoms with E-state index in [0.29, 0.717) is 54.1 Å². The van der Waals surface area contributed by atoms with E-state index < -0.39 is 0 Å². The van der Waals surface area contributed by atoms with Gasteiger partial charge >= 0.3 is 0 Å². The molecule has 0 aliphatic rings. The Morgan fingerprint density at radius 2 is 1.81 bits per heavy atom. The number of carbonyl (C=O) groups is 1. The van der Waals surface area contributed by atoms with E-state index in [1.54, 1.807) is 48.7 Å². The summed E-state index contributed by atoms with van der Waals surface area (Å²) < 4.78 is 9.09. The maximum atomic E-state index is 13.2. The number of nitrogens with zero attached hydrogens (tertiary/aromatic N) is 3. The smallest absolute Gasteiger partial charge is 0.282 e. The Morgan fingerprint density at radius 1 is 1.11 bits per heavy atom. The van der Waals surface area contributed by atoms with Gasteiger partial charge in [0.25, 0.3) is 11.5 Å². The molecule has 4 rings (SSSR count). The van der Waals surface area contributed by atoms with Gasteiger partial charge in [-0.1, -0.05) is 34.5 Å². The number of aryl methyl sites for hydroxylation is 1. The number of rotatable bonds is 8. The van der Waals surface area contributed by atoms with Crippen molar-refractivity contribution in [1.82, 2.24) is 9.66 Å². The highest BCUT2D eigenvalue weighted by Crippen LogP contribution is 2.34. The predicted molar refractivity (Wildman–Crippen MR) is 158 cm³/mol. The summed E-state index contributed by atoms with van der Waals surface area (Å²) in [6, 6.07) is 15.8. The highest BCUT2D eigenvalue weighted by atomic mass is 79.9. The van der Waals surface area contributed by atoms with Crippen LogP contribution in [0.2, 0.25) is 5.02 Å². The second-order valence-corrected chi connectivity index (χ2v) is 11.0. The summed E-state index contributed by atoms with van der Waals surface area (Å²) in [5.41, 5.74) is 1.72. The Morgan fingerprint density at radius 3 is 2.49 bits per heavy atom. The van der Waals surface area contributed by atoms with Gasteiger partial charge in [0, 0.05) is 21.6 Å². The summed E-state index contributed by atoms with van der Waals surface area (Å²) in [5, 5.41) is 8.27. The van der Waals surface area contributed by atoms with Crippen LogP contribution in [0.4, 0.5) is 5.69 Å². The summed E-state index contributed by atoms with van der Waals surface area (Å²) in [4.78, 5) is 30.1. The van der Waals surface area contributed by atoms with Crippen molar-refractivity contribution in [3.05, 3.63) is 94.8 Å². The van der Waals surface area contributed by atoms with Crippen molar-refractivity contribution in [1.29, 1.82) is 0 Å². The number of aromatic nitrogens is 2. The number of hydrogen-bond acceptors (Lipinski definition) is 5. The van der Waals surface area contributed by atoms with Gasteiger partial charge in [-0.05, 0) is 98.4 Å². The molecule has 0 unspecified atom stereocenters. The lowest BCUT2D eigenvalue weighted by molar-refractivity contribution is -0.118. The van der Waals surface area contributed by atoms with Gasteiger partial charge in [0.05, 0.1) is 26.1 Å². The molecule has 0 fully saturated rings.